The molecule has 0 aliphatic carbocycles. The Balaban J connectivity index is 1.36. The minimum absolute atomic E-state index is 0.0284. The zero-order valence-corrected chi connectivity index (χ0v) is 14.1. The van der Waals surface area contributed by atoms with Crippen molar-refractivity contribution in [2.24, 2.45) is 5.92 Å². The Morgan fingerprint density at radius 1 is 1.12 bits per heavy atom. The summed E-state index contributed by atoms with van der Waals surface area (Å²) in [4.78, 5) is 25.8. The Labute approximate surface area is 147 Å². The van der Waals surface area contributed by atoms with Gasteiger partial charge in [-0.2, -0.15) is 0 Å². The van der Waals surface area contributed by atoms with E-state index in [4.69, 9.17) is 4.42 Å². The molecule has 1 aromatic carbocycles. The van der Waals surface area contributed by atoms with Crippen LogP contribution in [0.15, 0.2) is 53.1 Å². The third-order valence-electron chi connectivity index (χ3n) is 4.38. The number of carbonyl (C=O) groups excluding carboxylic acids is 2. The van der Waals surface area contributed by atoms with E-state index in [2.05, 4.69) is 22.8 Å². The number of likely N-dealkylation sites (tertiary alicyclic amines) is 1. The van der Waals surface area contributed by atoms with Gasteiger partial charge < -0.3 is 20.0 Å². The molecule has 1 aromatic heterocycles. The highest BCUT2D eigenvalue weighted by Crippen LogP contribution is 2.20. The second-order valence-corrected chi connectivity index (χ2v) is 6.31. The normalized spacial score (nSPS) is 16.6. The first-order valence-electron chi connectivity index (χ1n) is 8.56. The van der Waals surface area contributed by atoms with Gasteiger partial charge in [0, 0.05) is 13.1 Å². The molecular weight excluding hydrogens is 318 g/mol. The molecule has 132 valence electrons. The standard InChI is InChI=1S/C19H23N3O3/c23-18(20-12-17-7-4-10-25-17)13-21-19(24)22-9-8-16(14-22)11-15-5-2-1-3-6-15/h1-7,10,16H,8-9,11-14H2,(H,20,23)(H,21,24)/t16-/m0/s1. The van der Waals surface area contributed by atoms with Crippen molar-refractivity contribution in [3.63, 3.8) is 0 Å². The van der Waals surface area contributed by atoms with Gasteiger partial charge in [-0.05, 0) is 36.5 Å². The molecule has 3 amide bonds. The largest absolute Gasteiger partial charge is 0.467 e. The molecule has 1 atom stereocenters. The minimum atomic E-state index is -0.232. The number of hydrogen-bond acceptors (Lipinski definition) is 3. The average Bonchev–Trinajstić information content (AvgIpc) is 3.30. The first kappa shape index (κ1) is 17.1. The summed E-state index contributed by atoms with van der Waals surface area (Å²) < 4.78 is 5.14. The van der Waals surface area contributed by atoms with Crippen molar-refractivity contribution >= 4 is 11.9 Å². The smallest absolute Gasteiger partial charge is 0.317 e. The second kappa shape index (κ2) is 8.37. The van der Waals surface area contributed by atoms with Crippen LogP contribution >= 0.6 is 0 Å². The fourth-order valence-corrected chi connectivity index (χ4v) is 3.06. The molecule has 0 bridgehead atoms. The Morgan fingerprint density at radius 3 is 2.72 bits per heavy atom. The quantitative estimate of drug-likeness (QED) is 0.846. The highest BCUT2D eigenvalue weighted by Gasteiger charge is 2.26. The molecule has 0 radical (unpaired) electrons. The topological polar surface area (TPSA) is 74.6 Å². The molecule has 1 aliphatic rings. The number of hydrogen-bond donors (Lipinski definition) is 2. The monoisotopic (exact) mass is 341 g/mol. The predicted molar refractivity (Wildman–Crippen MR) is 93.8 cm³/mol. The summed E-state index contributed by atoms with van der Waals surface area (Å²) in [6, 6.07) is 13.7. The lowest BCUT2D eigenvalue weighted by atomic mass is 9.99. The molecule has 25 heavy (non-hydrogen) atoms. The lowest BCUT2D eigenvalue weighted by Crippen LogP contribution is -2.43. The number of rotatable bonds is 6. The van der Waals surface area contributed by atoms with Crippen molar-refractivity contribution in [1.82, 2.24) is 15.5 Å². The summed E-state index contributed by atoms with van der Waals surface area (Å²) in [5.74, 6) is 0.925. The Bertz CT molecular complexity index is 685. The van der Waals surface area contributed by atoms with E-state index in [9.17, 15) is 9.59 Å². The van der Waals surface area contributed by atoms with E-state index >= 15 is 0 Å². The van der Waals surface area contributed by atoms with Crippen LogP contribution in [0.25, 0.3) is 0 Å². The maximum atomic E-state index is 12.2. The summed E-state index contributed by atoms with van der Waals surface area (Å²) in [6.45, 7) is 1.76. The van der Waals surface area contributed by atoms with Crippen LogP contribution in [0.2, 0.25) is 0 Å². The van der Waals surface area contributed by atoms with Gasteiger partial charge in [0.15, 0.2) is 0 Å². The minimum Gasteiger partial charge on any atom is -0.467 e. The van der Waals surface area contributed by atoms with Crippen LogP contribution in [0.1, 0.15) is 17.7 Å². The molecule has 0 spiro atoms. The lowest BCUT2D eigenvalue weighted by Gasteiger charge is -2.17. The van der Waals surface area contributed by atoms with Crippen LogP contribution in [-0.2, 0) is 17.8 Å². The van der Waals surface area contributed by atoms with E-state index in [0.717, 1.165) is 25.9 Å². The third kappa shape index (κ3) is 5.11. The van der Waals surface area contributed by atoms with Crippen molar-refractivity contribution < 1.29 is 14.0 Å². The van der Waals surface area contributed by atoms with E-state index in [-0.39, 0.29) is 18.5 Å². The van der Waals surface area contributed by atoms with Gasteiger partial charge >= 0.3 is 6.03 Å². The number of nitrogens with one attached hydrogen (secondary N) is 2. The first-order valence-corrected chi connectivity index (χ1v) is 8.56. The van der Waals surface area contributed by atoms with E-state index < -0.39 is 0 Å². The number of urea groups is 1. The number of amides is 3. The van der Waals surface area contributed by atoms with Gasteiger partial charge in [-0.1, -0.05) is 30.3 Å². The molecule has 6 heteroatoms. The summed E-state index contributed by atoms with van der Waals surface area (Å²) in [5, 5.41) is 5.39. The fourth-order valence-electron chi connectivity index (χ4n) is 3.06. The molecule has 3 rings (SSSR count). The van der Waals surface area contributed by atoms with Crippen LogP contribution in [0.4, 0.5) is 4.79 Å². The van der Waals surface area contributed by atoms with Crippen molar-refractivity contribution in [1.29, 1.82) is 0 Å². The Hall–Kier alpha value is -2.76. The molecular formula is C19H23N3O3. The van der Waals surface area contributed by atoms with E-state index in [0.29, 0.717) is 18.2 Å². The number of carbonyl (C=O) groups is 2. The Morgan fingerprint density at radius 2 is 1.96 bits per heavy atom. The molecule has 0 unspecified atom stereocenters. The molecule has 2 N–H and O–H groups in total. The van der Waals surface area contributed by atoms with Gasteiger partial charge in [-0.25, -0.2) is 4.79 Å². The highest BCUT2D eigenvalue weighted by molar-refractivity contribution is 5.84. The van der Waals surface area contributed by atoms with Gasteiger partial charge in [-0.3, -0.25) is 4.79 Å². The second-order valence-electron chi connectivity index (χ2n) is 6.31. The molecule has 0 saturated carbocycles. The van der Waals surface area contributed by atoms with Crippen LogP contribution in [-0.4, -0.2) is 36.5 Å². The van der Waals surface area contributed by atoms with Crippen LogP contribution in [0.3, 0.4) is 0 Å². The van der Waals surface area contributed by atoms with Gasteiger partial charge in [0.2, 0.25) is 5.91 Å². The highest BCUT2D eigenvalue weighted by atomic mass is 16.3. The summed E-state index contributed by atoms with van der Waals surface area (Å²) in [6.07, 6.45) is 3.53. The maximum Gasteiger partial charge on any atom is 0.317 e. The van der Waals surface area contributed by atoms with Crippen LogP contribution in [0, 0.1) is 5.92 Å². The van der Waals surface area contributed by atoms with Crippen molar-refractivity contribution in [3.05, 3.63) is 60.1 Å². The van der Waals surface area contributed by atoms with Gasteiger partial charge in [0.05, 0.1) is 19.4 Å². The summed E-state index contributed by atoms with van der Waals surface area (Å²) in [7, 11) is 0. The van der Waals surface area contributed by atoms with Crippen LogP contribution < -0.4 is 10.6 Å². The summed E-state index contributed by atoms with van der Waals surface area (Å²) in [5.41, 5.74) is 1.30. The molecule has 1 fully saturated rings. The fraction of sp³-hybridized carbons (Fsp3) is 0.368. The maximum absolute atomic E-state index is 12.2. The molecule has 1 saturated heterocycles. The van der Waals surface area contributed by atoms with Crippen LogP contribution in [0.5, 0.6) is 0 Å². The molecule has 2 heterocycles. The lowest BCUT2D eigenvalue weighted by molar-refractivity contribution is -0.120. The van der Waals surface area contributed by atoms with Gasteiger partial charge in [0.25, 0.3) is 0 Å². The number of nitrogens with zero attached hydrogens (tertiary/aromatic N) is 1. The van der Waals surface area contributed by atoms with Crippen molar-refractivity contribution in [3.8, 4) is 0 Å². The first-order chi connectivity index (χ1) is 12.2. The molecule has 6 nitrogen and oxygen atoms in total. The predicted octanol–water partition coefficient (Wildman–Crippen LogP) is 2.17. The van der Waals surface area contributed by atoms with Crippen molar-refractivity contribution in [2.75, 3.05) is 19.6 Å². The summed E-state index contributed by atoms with van der Waals surface area (Å²) >= 11 is 0. The van der Waals surface area contributed by atoms with E-state index in [1.54, 1.807) is 23.3 Å². The van der Waals surface area contributed by atoms with E-state index in [1.807, 2.05) is 18.2 Å². The molecule has 1 aliphatic heterocycles. The van der Waals surface area contributed by atoms with Gasteiger partial charge in [0.1, 0.15) is 5.76 Å². The van der Waals surface area contributed by atoms with Gasteiger partial charge in [-0.15, -0.1) is 0 Å². The van der Waals surface area contributed by atoms with Crippen molar-refractivity contribution in [2.45, 2.75) is 19.4 Å². The molecule has 2 aromatic rings. The SMILES string of the molecule is O=C(CNC(=O)N1CC[C@@H](Cc2ccccc2)C1)NCc1ccco1. The zero-order chi connectivity index (χ0) is 17.5. The third-order valence-corrected chi connectivity index (χ3v) is 4.38. The number of benzene rings is 1. The number of furan rings is 1. The zero-order valence-electron chi connectivity index (χ0n) is 14.1. The Kier molecular flexibility index (Phi) is 5.72. The van der Waals surface area contributed by atoms with E-state index in [1.165, 1.54) is 5.56 Å². The average molecular weight is 341 g/mol.